The molecule has 25 heavy (non-hydrogen) atoms. The normalized spacial score (nSPS) is 10.4. The predicted molar refractivity (Wildman–Crippen MR) is 104 cm³/mol. The second-order valence-corrected chi connectivity index (χ2v) is 6.14. The number of nitrogens with one attached hydrogen (secondary N) is 1. The van der Waals surface area contributed by atoms with E-state index < -0.39 is 0 Å². The molecular weight excluding hydrogens is 314 g/mol. The second-order valence-electron chi connectivity index (χ2n) is 6.14. The van der Waals surface area contributed by atoms with E-state index in [2.05, 4.69) is 34.0 Å². The molecule has 6 heteroatoms. The third kappa shape index (κ3) is 5.17. The van der Waals surface area contributed by atoms with Gasteiger partial charge in [0.2, 0.25) is 0 Å². The van der Waals surface area contributed by atoms with E-state index in [9.17, 15) is 4.79 Å². The lowest BCUT2D eigenvalue weighted by molar-refractivity contribution is 0.102. The molecule has 0 aliphatic carbocycles. The summed E-state index contributed by atoms with van der Waals surface area (Å²) in [5, 5.41) is 2.85. The van der Waals surface area contributed by atoms with Crippen molar-refractivity contribution in [2.75, 3.05) is 42.3 Å². The minimum Gasteiger partial charge on any atom is -0.378 e. The number of rotatable bonds is 8. The monoisotopic (exact) mass is 341 g/mol. The van der Waals surface area contributed by atoms with Crippen molar-refractivity contribution in [3.63, 3.8) is 0 Å². The van der Waals surface area contributed by atoms with Gasteiger partial charge in [-0.3, -0.25) is 4.79 Å². The Labute approximate surface area is 149 Å². The Kier molecular flexibility index (Phi) is 6.74. The van der Waals surface area contributed by atoms with Crippen LogP contribution in [0, 0.1) is 0 Å². The molecule has 0 unspecified atom stereocenters. The standard InChI is InChI=1S/C19H27N5O/c1-5-11-24(12-6-2)18-14-20-17(13-21-18)19(25)22-15-7-9-16(10-8-15)23(3)4/h7-10,13-14H,5-6,11-12H2,1-4H3,(H,22,25). The van der Waals surface area contributed by atoms with E-state index in [1.807, 2.05) is 43.3 Å². The fraction of sp³-hybridized carbons (Fsp3) is 0.421. The molecule has 0 aliphatic rings. The van der Waals surface area contributed by atoms with Gasteiger partial charge in [0.15, 0.2) is 0 Å². The summed E-state index contributed by atoms with van der Waals surface area (Å²) in [6.07, 6.45) is 5.31. The molecule has 1 aromatic heterocycles. The highest BCUT2D eigenvalue weighted by Crippen LogP contribution is 2.16. The minimum atomic E-state index is -0.255. The maximum Gasteiger partial charge on any atom is 0.275 e. The molecule has 0 saturated heterocycles. The fourth-order valence-corrected chi connectivity index (χ4v) is 2.52. The van der Waals surface area contributed by atoms with Gasteiger partial charge in [-0.1, -0.05) is 13.8 Å². The highest BCUT2D eigenvalue weighted by atomic mass is 16.1. The Morgan fingerprint density at radius 3 is 2.12 bits per heavy atom. The summed E-state index contributed by atoms with van der Waals surface area (Å²) in [6, 6.07) is 7.66. The molecule has 1 aromatic carbocycles. The summed E-state index contributed by atoms with van der Waals surface area (Å²) in [5.74, 6) is 0.560. The third-order valence-corrected chi connectivity index (χ3v) is 3.82. The summed E-state index contributed by atoms with van der Waals surface area (Å²) in [4.78, 5) is 25.2. The summed E-state index contributed by atoms with van der Waals surface area (Å²) in [6.45, 7) is 6.15. The Morgan fingerprint density at radius 2 is 1.64 bits per heavy atom. The van der Waals surface area contributed by atoms with Crippen LogP contribution in [0.25, 0.3) is 0 Å². The van der Waals surface area contributed by atoms with Crippen LogP contribution in [0.1, 0.15) is 37.2 Å². The zero-order valence-corrected chi connectivity index (χ0v) is 15.5. The highest BCUT2D eigenvalue weighted by Gasteiger charge is 2.11. The van der Waals surface area contributed by atoms with Gasteiger partial charge in [-0.25, -0.2) is 9.97 Å². The smallest absolute Gasteiger partial charge is 0.275 e. The van der Waals surface area contributed by atoms with Gasteiger partial charge in [-0.15, -0.1) is 0 Å². The van der Waals surface area contributed by atoms with E-state index >= 15 is 0 Å². The molecule has 0 fully saturated rings. The molecule has 2 aromatic rings. The summed E-state index contributed by atoms with van der Waals surface area (Å²) in [7, 11) is 3.95. The van der Waals surface area contributed by atoms with Crippen molar-refractivity contribution < 1.29 is 4.79 Å². The summed E-state index contributed by atoms with van der Waals surface area (Å²) < 4.78 is 0. The topological polar surface area (TPSA) is 61.4 Å². The van der Waals surface area contributed by atoms with Crippen molar-refractivity contribution in [1.82, 2.24) is 9.97 Å². The van der Waals surface area contributed by atoms with E-state index in [1.165, 1.54) is 6.20 Å². The number of hydrogen-bond acceptors (Lipinski definition) is 5. The van der Waals surface area contributed by atoms with Crippen molar-refractivity contribution in [3.8, 4) is 0 Å². The number of anilines is 3. The molecule has 0 radical (unpaired) electrons. The van der Waals surface area contributed by atoms with Gasteiger partial charge < -0.3 is 15.1 Å². The lowest BCUT2D eigenvalue weighted by atomic mass is 10.2. The molecule has 0 spiro atoms. The summed E-state index contributed by atoms with van der Waals surface area (Å²) >= 11 is 0. The quantitative estimate of drug-likeness (QED) is 0.797. The van der Waals surface area contributed by atoms with Crippen molar-refractivity contribution >= 4 is 23.1 Å². The molecule has 0 atom stereocenters. The van der Waals surface area contributed by atoms with Crippen molar-refractivity contribution in [2.45, 2.75) is 26.7 Å². The maximum atomic E-state index is 12.3. The van der Waals surface area contributed by atoms with Crippen molar-refractivity contribution in [2.24, 2.45) is 0 Å². The Bertz CT molecular complexity index is 661. The zero-order chi connectivity index (χ0) is 18.2. The SMILES string of the molecule is CCCN(CCC)c1cnc(C(=O)Nc2ccc(N(C)C)cc2)cn1. The van der Waals surface area contributed by atoms with Crippen molar-refractivity contribution in [1.29, 1.82) is 0 Å². The summed E-state index contributed by atoms with van der Waals surface area (Å²) in [5.41, 5.74) is 2.13. The van der Waals surface area contributed by atoms with Gasteiger partial charge in [0.25, 0.3) is 5.91 Å². The van der Waals surface area contributed by atoms with Crippen molar-refractivity contribution in [3.05, 3.63) is 42.4 Å². The molecule has 134 valence electrons. The Balaban J connectivity index is 2.04. The van der Waals surface area contributed by atoms with Crippen LogP contribution in [0.4, 0.5) is 17.2 Å². The van der Waals surface area contributed by atoms with E-state index in [-0.39, 0.29) is 5.91 Å². The van der Waals surface area contributed by atoms with Crippen LogP contribution in [0.5, 0.6) is 0 Å². The van der Waals surface area contributed by atoms with Gasteiger partial charge >= 0.3 is 0 Å². The van der Waals surface area contributed by atoms with E-state index in [4.69, 9.17) is 0 Å². The van der Waals surface area contributed by atoms with Gasteiger partial charge in [0.1, 0.15) is 11.5 Å². The average molecular weight is 341 g/mol. The third-order valence-electron chi connectivity index (χ3n) is 3.82. The van der Waals surface area contributed by atoms with E-state index in [0.717, 1.165) is 43.1 Å². The van der Waals surface area contributed by atoms with Gasteiger partial charge in [-0.2, -0.15) is 0 Å². The van der Waals surface area contributed by atoms with E-state index in [1.54, 1.807) is 6.20 Å². The minimum absolute atomic E-state index is 0.255. The van der Waals surface area contributed by atoms with Crippen LogP contribution in [0.15, 0.2) is 36.7 Å². The van der Waals surface area contributed by atoms with E-state index in [0.29, 0.717) is 5.69 Å². The zero-order valence-electron chi connectivity index (χ0n) is 15.5. The molecule has 0 saturated carbocycles. The van der Waals surface area contributed by atoms with Crippen LogP contribution in [-0.2, 0) is 0 Å². The number of amides is 1. The van der Waals surface area contributed by atoms with Crippen LogP contribution in [-0.4, -0.2) is 43.1 Å². The molecule has 0 bridgehead atoms. The molecule has 1 N–H and O–H groups in total. The van der Waals surface area contributed by atoms with Gasteiger partial charge in [-0.05, 0) is 37.1 Å². The lowest BCUT2D eigenvalue weighted by Crippen LogP contribution is -2.26. The van der Waals surface area contributed by atoms with Crippen LogP contribution in [0.3, 0.4) is 0 Å². The number of aromatic nitrogens is 2. The first kappa shape index (κ1) is 18.7. The number of nitrogens with zero attached hydrogens (tertiary/aromatic N) is 4. The number of carbonyl (C=O) groups is 1. The number of benzene rings is 1. The first-order chi connectivity index (χ1) is 12.0. The van der Waals surface area contributed by atoms with Crippen LogP contribution < -0.4 is 15.1 Å². The molecule has 1 amide bonds. The average Bonchev–Trinajstić information content (AvgIpc) is 2.62. The predicted octanol–water partition coefficient (Wildman–Crippen LogP) is 3.42. The molecule has 2 rings (SSSR count). The first-order valence-corrected chi connectivity index (χ1v) is 8.70. The molecule has 6 nitrogen and oxygen atoms in total. The van der Waals surface area contributed by atoms with Gasteiger partial charge in [0, 0.05) is 38.6 Å². The molecule has 1 heterocycles. The second kappa shape index (κ2) is 9.01. The first-order valence-electron chi connectivity index (χ1n) is 8.70. The Hall–Kier alpha value is -2.63. The number of carbonyl (C=O) groups excluding carboxylic acids is 1. The van der Waals surface area contributed by atoms with Gasteiger partial charge in [0.05, 0.1) is 12.4 Å². The fourth-order valence-electron chi connectivity index (χ4n) is 2.52. The van der Waals surface area contributed by atoms with Crippen LogP contribution >= 0.6 is 0 Å². The largest absolute Gasteiger partial charge is 0.378 e. The lowest BCUT2D eigenvalue weighted by Gasteiger charge is -2.22. The number of hydrogen-bond donors (Lipinski definition) is 1. The molecule has 0 aliphatic heterocycles. The Morgan fingerprint density at radius 1 is 1.00 bits per heavy atom. The maximum absolute atomic E-state index is 12.3. The van der Waals surface area contributed by atoms with Crippen LogP contribution in [0.2, 0.25) is 0 Å². The molecular formula is C19H27N5O. The highest BCUT2D eigenvalue weighted by molar-refractivity contribution is 6.02.